The van der Waals surface area contributed by atoms with E-state index in [9.17, 15) is 14.9 Å². The van der Waals surface area contributed by atoms with Gasteiger partial charge in [0, 0.05) is 23.9 Å². The maximum absolute atomic E-state index is 11.7. The Morgan fingerprint density at radius 1 is 0.917 bits per heavy atom. The Morgan fingerprint density at radius 3 is 1.92 bits per heavy atom. The zero-order valence-corrected chi connectivity index (χ0v) is 15.6. The number of carbonyl (C=O) groups is 1. The van der Waals surface area contributed by atoms with Gasteiger partial charge in [-0.3, -0.25) is 14.9 Å². The molecule has 1 aromatic carbocycles. The fourth-order valence-electron chi connectivity index (χ4n) is 2.42. The fourth-order valence-corrected chi connectivity index (χ4v) is 2.82. The van der Waals surface area contributed by atoms with Gasteiger partial charge in [0.25, 0.3) is 5.69 Å². The van der Waals surface area contributed by atoms with Crippen molar-refractivity contribution in [3.05, 3.63) is 34.4 Å². The van der Waals surface area contributed by atoms with E-state index in [-0.39, 0.29) is 11.7 Å². The number of non-ortho nitro benzene ring substituents is 1. The van der Waals surface area contributed by atoms with Crippen molar-refractivity contribution in [3.8, 4) is 5.75 Å². The molecule has 0 saturated carbocycles. The second kappa shape index (κ2) is 12.9. The van der Waals surface area contributed by atoms with Crippen LogP contribution in [0.3, 0.4) is 0 Å². The van der Waals surface area contributed by atoms with Gasteiger partial charge in [0.05, 0.1) is 4.92 Å². The SMILES string of the molecule is O=C(CCCCCCCCCCCBr)Oc1ccc([N+](=O)[O-])cc1. The first kappa shape index (κ1) is 20.6. The summed E-state index contributed by atoms with van der Waals surface area (Å²) in [6.07, 6.45) is 11.1. The maximum Gasteiger partial charge on any atom is 0.311 e. The quantitative estimate of drug-likeness (QED) is 0.105. The molecule has 0 saturated heterocycles. The predicted octanol–water partition coefficient (Wildman–Crippen LogP) is 5.80. The van der Waals surface area contributed by atoms with E-state index in [4.69, 9.17) is 4.74 Å². The molecule has 0 aliphatic rings. The second-order valence-corrected chi connectivity index (χ2v) is 6.64. The lowest BCUT2D eigenvalue weighted by molar-refractivity contribution is -0.384. The minimum Gasteiger partial charge on any atom is -0.427 e. The summed E-state index contributed by atoms with van der Waals surface area (Å²) < 4.78 is 5.17. The van der Waals surface area contributed by atoms with Crippen LogP contribution in [0.5, 0.6) is 5.75 Å². The van der Waals surface area contributed by atoms with E-state index in [1.54, 1.807) is 0 Å². The van der Waals surface area contributed by atoms with Crippen LogP contribution in [0, 0.1) is 10.1 Å². The molecule has 24 heavy (non-hydrogen) atoms. The minimum atomic E-state index is -0.479. The normalized spacial score (nSPS) is 10.5. The third-order valence-electron chi connectivity index (χ3n) is 3.79. The van der Waals surface area contributed by atoms with Crippen LogP contribution < -0.4 is 4.74 Å². The highest BCUT2D eigenvalue weighted by Gasteiger charge is 2.08. The van der Waals surface area contributed by atoms with Crippen molar-refractivity contribution in [2.24, 2.45) is 0 Å². The summed E-state index contributed by atoms with van der Waals surface area (Å²) in [5, 5.41) is 11.6. The van der Waals surface area contributed by atoms with E-state index in [1.807, 2.05) is 0 Å². The first-order valence-corrected chi connectivity index (χ1v) is 9.76. The van der Waals surface area contributed by atoms with Crippen LogP contribution in [0.1, 0.15) is 64.2 Å². The van der Waals surface area contributed by atoms with Gasteiger partial charge in [-0.1, -0.05) is 60.9 Å². The number of halogens is 1. The van der Waals surface area contributed by atoms with E-state index >= 15 is 0 Å². The molecule has 5 nitrogen and oxygen atoms in total. The third-order valence-corrected chi connectivity index (χ3v) is 4.35. The molecule has 134 valence electrons. The summed E-state index contributed by atoms with van der Waals surface area (Å²) in [7, 11) is 0. The highest BCUT2D eigenvalue weighted by atomic mass is 79.9. The van der Waals surface area contributed by atoms with Crippen molar-refractivity contribution in [1.29, 1.82) is 0 Å². The first-order valence-electron chi connectivity index (χ1n) is 8.64. The van der Waals surface area contributed by atoms with Crippen molar-refractivity contribution in [1.82, 2.24) is 0 Å². The molecule has 0 aliphatic carbocycles. The molecular weight excluding hydrogens is 374 g/mol. The van der Waals surface area contributed by atoms with E-state index < -0.39 is 4.92 Å². The van der Waals surface area contributed by atoms with Gasteiger partial charge in [-0.05, 0) is 25.0 Å². The molecule has 0 fully saturated rings. The molecular formula is C18H26BrNO4. The number of alkyl halides is 1. The molecule has 0 aromatic heterocycles. The lowest BCUT2D eigenvalue weighted by Crippen LogP contribution is -2.07. The molecule has 0 heterocycles. The Bertz CT molecular complexity index is 490. The number of esters is 1. The summed E-state index contributed by atoms with van der Waals surface area (Å²) in [5.74, 6) is 0.0766. The molecule has 0 amide bonds. The number of hydrogen-bond donors (Lipinski definition) is 0. The van der Waals surface area contributed by atoms with E-state index in [2.05, 4.69) is 15.9 Å². The molecule has 1 rings (SSSR count). The van der Waals surface area contributed by atoms with Gasteiger partial charge in [0.1, 0.15) is 5.75 Å². The molecule has 0 radical (unpaired) electrons. The number of carbonyl (C=O) groups excluding carboxylic acids is 1. The predicted molar refractivity (Wildman–Crippen MR) is 98.7 cm³/mol. The molecule has 6 heteroatoms. The van der Waals surface area contributed by atoms with Gasteiger partial charge < -0.3 is 4.74 Å². The highest BCUT2D eigenvalue weighted by molar-refractivity contribution is 9.09. The number of rotatable bonds is 13. The van der Waals surface area contributed by atoms with Crippen LogP contribution in [0.4, 0.5) is 5.69 Å². The molecule has 0 aliphatic heterocycles. The molecule has 0 unspecified atom stereocenters. The fraction of sp³-hybridized carbons (Fsp3) is 0.611. The number of benzene rings is 1. The summed E-state index contributed by atoms with van der Waals surface area (Å²) in [4.78, 5) is 21.8. The van der Waals surface area contributed by atoms with Crippen molar-refractivity contribution in [2.45, 2.75) is 64.2 Å². The van der Waals surface area contributed by atoms with Gasteiger partial charge in [-0.25, -0.2) is 0 Å². The summed E-state index contributed by atoms with van der Waals surface area (Å²) >= 11 is 3.44. The van der Waals surface area contributed by atoms with E-state index in [0.29, 0.717) is 12.2 Å². The Kier molecular flexibility index (Phi) is 11.1. The standard InChI is InChI=1S/C18H26BrNO4/c19-15-9-7-5-3-1-2-4-6-8-10-18(21)24-17-13-11-16(12-14-17)20(22)23/h11-14H,1-10,15H2. The Hall–Kier alpha value is -1.43. The zero-order valence-electron chi connectivity index (χ0n) is 14.0. The van der Waals surface area contributed by atoms with E-state index in [1.165, 1.54) is 62.8 Å². The van der Waals surface area contributed by atoms with Gasteiger partial charge in [0.15, 0.2) is 0 Å². The van der Waals surface area contributed by atoms with Gasteiger partial charge >= 0.3 is 5.97 Å². The highest BCUT2D eigenvalue weighted by Crippen LogP contribution is 2.18. The number of ether oxygens (including phenoxy) is 1. The van der Waals surface area contributed by atoms with Crippen LogP contribution in [0.2, 0.25) is 0 Å². The van der Waals surface area contributed by atoms with Crippen molar-refractivity contribution in [2.75, 3.05) is 5.33 Å². The molecule has 0 bridgehead atoms. The second-order valence-electron chi connectivity index (χ2n) is 5.85. The third kappa shape index (κ3) is 9.65. The minimum absolute atomic E-state index is 0.0120. The molecule has 1 aromatic rings. The summed E-state index contributed by atoms with van der Waals surface area (Å²) in [6, 6.07) is 5.57. The average Bonchev–Trinajstić information content (AvgIpc) is 2.57. The molecule has 0 N–H and O–H groups in total. The number of nitrogens with zero attached hydrogens (tertiary/aromatic N) is 1. The van der Waals surface area contributed by atoms with Crippen molar-refractivity contribution < 1.29 is 14.5 Å². The summed E-state index contributed by atoms with van der Waals surface area (Å²) in [6.45, 7) is 0. The smallest absolute Gasteiger partial charge is 0.311 e. The Morgan fingerprint density at radius 2 is 1.42 bits per heavy atom. The van der Waals surface area contributed by atoms with Gasteiger partial charge in [-0.2, -0.15) is 0 Å². The molecule has 0 spiro atoms. The molecule has 0 atom stereocenters. The van der Waals surface area contributed by atoms with Crippen LogP contribution in [-0.2, 0) is 4.79 Å². The number of nitro groups is 1. The first-order chi connectivity index (χ1) is 11.6. The van der Waals surface area contributed by atoms with Crippen molar-refractivity contribution >= 4 is 27.6 Å². The van der Waals surface area contributed by atoms with Crippen molar-refractivity contribution in [3.63, 3.8) is 0 Å². The number of hydrogen-bond acceptors (Lipinski definition) is 4. The maximum atomic E-state index is 11.7. The monoisotopic (exact) mass is 399 g/mol. The average molecular weight is 400 g/mol. The lowest BCUT2D eigenvalue weighted by atomic mass is 10.1. The van der Waals surface area contributed by atoms with Crippen LogP contribution in [0.25, 0.3) is 0 Å². The van der Waals surface area contributed by atoms with E-state index in [0.717, 1.165) is 24.6 Å². The van der Waals surface area contributed by atoms with Gasteiger partial charge in [-0.15, -0.1) is 0 Å². The van der Waals surface area contributed by atoms with Crippen LogP contribution in [0.15, 0.2) is 24.3 Å². The largest absolute Gasteiger partial charge is 0.427 e. The lowest BCUT2D eigenvalue weighted by Gasteiger charge is -2.04. The Balaban J connectivity index is 2.03. The van der Waals surface area contributed by atoms with Crippen LogP contribution in [-0.4, -0.2) is 16.2 Å². The topological polar surface area (TPSA) is 69.4 Å². The number of unbranched alkanes of at least 4 members (excludes halogenated alkanes) is 8. The van der Waals surface area contributed by atoms with Crippen LogP contribution >= 0.6 is 15.9 Å². The summed E-state index contributed by atoms with van der Waals surface area (Å²) in [5.41, 5.74) is -0.0120. The van der Waals surface area contributed by atoms with Gasteiger partial charge in [0.2, 0.25) is 0 Å². The zero-order chi connectivity index (χ0) is 17.6. The Labute approximate surface area is 152 Å². The number of nitro benzene ring substituents is 1.